The lowest BCUT2D eigenvalue weighted by Crippen LogP contribution is -2.45. The number of hydrogen-bond donors (Lipinski definition) is 0. The lowest BCUT2D eigenvalue weighted by molar-refractivity contribution is 0.130. The number of carbonyl (C=O) groups is 2. The van der Waals surface area contributed by atoms with Crippen LogP contribution in [0.15, 0.2) is 70.9 Å². The number of nitrogens with zero attached hydrogens (tertiary/aromatic N) is 2. The summed E-state index contributed by atoms with van der Waals surface area (Å²) in [6.07, 6.45) is 2.37. The van der Waals surface area contributed by atoms with Crippen molar-refractivity contribution in [2.75, 3.05) is 6.61 Å². The Hall–Kier alpha value is -2.80. The molecule has 2 rings (SSSR count). The number of benzene rings is 2. The Morgan fingerprint density at radius 1 is 0.897 bits per heavy atom. The van der Waals surface area contributed by atoms with Gasteiger partial charge in [-0.3, -0.25) is 0 Å². The summed E-state index contributed by atoms with van der Waals surface area (Å²) in [6.45, 7) is 4.47. The normalized spacial score (nSPS) is 12.1. The van der Waals surface area contributed by atoms with E-state index < -0.39 is 21.2 Å². The van der Waals surface area contributed by atoms with E-state index in [1.54, 1.807) is 0 Å². The second-order valence-electron chi connectivity index (χ2n) is 6.78. The summed E-state index contributed by atoms with van der Waals surface area (Å²) < 4.78 is 10.7. The molecule has 29 heavy (non-hydrogen) atoms. The van der Waals surface area contributed by atoms with Gasteiger partial charge < -0.3 is 9.16 Å². The number of unbranched alkanes of at least 4 members (excludes halogenated alkanes) is 1. The molecule has 1 unspecified atom stereocenters. The van der Waals surface area contributed by atoms with Gasteiger partial charge in [0.1, 0.15) is 0 Å². The van der Waals surface area contributed by atoms with Gasteiger partial charge in [-0.1, -0.05) is 104 Å². The van der Waals surface area contributed by atoms with Crippen molar-refractivity contribution in [3.05, 3.63) is 60.7 Å². The van der Waals surface area contributed by atoms with E-state index in [0.717, 1.165) is 36.1 Å². The number of hydrogen-bond acceptors (Lipinski definition) is 4. The summed E-state index contributed by atoms with van der Waals surface area (Å²) in [5.41, 5.74) is 0. The fourth-order valence-corrected chi connectivity index (χ4v) is 4.96. The molecule has 0 aliphatic rings. The minimum atomic E-state index is -2.28. The topological polar surface area (TPSA) is 77.3 Å². The molecule has 2 aromatic rings. The number of amides is 2. The Kier molecular flexibility index (Phi) is 9.78. The van der Waals surface area contributed by atoms with Gasteiger partial charge >= 0.3 is 21.2 Å². The highest BCUT2D eigenvalue weighted by Gasteiger charge is 2.22. The third-order valence-electron chi connectivity index (χ3n) is 4.62. The first kappa shape index (κ1) is 22.5. The van der Waals surface area contributed by atoms with E-state index in [-0.39, 0.29) is 6.61 Å². The second kappa shape index (κ2) is 12.6. The maximum atomic E-state index is 12.2. The van der Waals surface area contributed by atoms with E-state index in [1.807, 2.05) is 60.7 Å². The number of ether oxygens (including phenoxy) is 1. The first-order chi connectivity index (χ1) is 14.1. The predicted molar refractivity (Wildman–Crippen MR) is 115 cm³/mol. The Labute approximate surface area is 173 Å². The summed E-state index contributed by atoms with van der Waals surface area (Å²) in [6, 6.07) is 19.1. The molecule has 0 aliphatic carbocycles. The average molecular weight is 413 g/mol. The van der Waals surface area contributed by atoms with Gasteiger partial charge in [-0.15, -0.1) is 0 Å². The van der Waals surface area contributed by atoms with Gasteiger partial charge in [-0.05, 0) is 22.7 Å². The van der Waals surface area contributed by atoms with Gasteiger partial charge in [0.15, 0.2) is 0 Å². The maximum Gasteiger partial charge on any atom is 0.452 e. The van der Waals surface area contributed by atoms with Crippen molar-refractivity contribution in [2.24, 2.45) is 16.1 Å². The molecule has 0 N–H and O–H groups in total. The lowest BCUT2D eigenvalue weighted by Gasteiger charge is -2.15. The molecule has 2 aromatic carbocycles. The maximum absolute atomic E-state index is 12.2. The van der Waals surface area contributed by atoms with Crippen molar-refractivity contribution in [3.63, 3.8) is 0 Å². The molecule has 1 atom stereocenters. The summed E-state index contributed by atoms with van der Waals surface area (Å²) in [4.78, 5) is 24.0. The molecule has 0 spiro atoms. The van der Waals surface area contributed by atoms with Crippen LogP contribution in [0.5, 0.6) is 0 Å². The number of rotatable bonds is 9. The number of carbonyl (C=O) groups excluding carboxylic acids is 2. The molecule has 0 aliphatic heterocycles. The van der Waals surface area contributed by atoms with Crippen molar-refractivity contribution in [1.82, 2.24) is 0 Å². The van der Waals surface area contributed by atoms with Crippen LogP contribution in [0.3, 0.4) is 0 Å². The highest BCUT2D eigenvalue weighted by molar-refractivity contribution is 6.81. The Bertz CT molecular complexity index is 744. The molecular formula is C22H28N2O4Si. The van der Waals surface area contributed by atoms with Crippen LogP contribution in [-0.2, 0) is 9.16 Å². The summed E-state index contributed by atoms with van der Waals surface area (Å²) in [5, 5.41) is 8.64. The second-order valence-corrected chi connectivity index (χ2v) is 9.11. The molecule has 0 bridgehead atoms. The Balaban J connectivity index is 1.95. The van der Waals surface area contributed by atoms with Crippen LogP contribution in [0.1, 0.15) is 39.5 Å². The zero-order valence-electron chi connectivity index (χ0n) is 17.0. The zero-order chi connectivity index (χ0) is 20.9. The summed E-state index contributed by atoms with van der Waals surface area (Å²) in [7, 11) is -2.28. The average Bonchev–Trinajstić information content (AvgIpc) is 2.77. The van der Waals surface area contributed by atoms with Crippen molar-refractivity contribution in [2.45, 2.75) is 39.5 Å². The standard InChI is InChI=1S/C22H28N2O4Si/c1-3-5-12-18(4-2)17-27-21(25)23-24-22(26)28-29(19-13-8-6-9-14-19)20-15-10-7-11-16-20/h6-11,13-16,18,29H,3-5,12,17H2,1-2H3. The van der Waals surface area contributed by atoms with E-state index in [2.05, 4.69) is 24.1 Å². The molecule has 0 radical (unpaired) electrons. The Morgan fingerprint density at radius 2 is 1.45 bits per heavy atom. The van der Waals surface area contributed by atoms with Crippen molar-refractivity contribution in [3.8, 4) is 0 Å². The molecule has 0 aromatic heterocycles. The molecule has 154 valence electrons. The minimum Gasteiger partial charge on any atom is -0.495 e. The zero-order valence-corrected chi connectivity index (χ0v) is 18.1. The highest BCUT2D eigenvalue weighted by Crippen LogP contribution is 2.13. The third kappa shape index (κ3) is 7.99. The van der Waals surface area contributed by atoms with Crippen LogP contribution in [0.25, 0.3) is 0 Å². The van der Waals surface area contributed by atoms with Crippen LogP contribution < -0.4 is 10.4 Å². The SMILES string of the molecule is CCCCC(CC)COC(=O)N=NC(=O)O[SiH](c1ccccc1)c1ccccc1. The van der Waals surface area contributed by atoms with Crippen molar-refractivity contribution in [1.29, 1.82) is 0 Å². The molecule has 0 fully saturated rings. The smallest absolute Gasteiger partial charge is 0.452 e. The van der Waals surface area contributed by atoms with E-state index in [1.165, 1.54) is 0 Å². The fourth-order valence-electron chi connectivity index (χ4n) is 2.91. The first-order valence-electron chi connectivity index (χ1n) is 10.0. The van der Waals surface area contributed by atoms with Crippen LogP contribution in [-0.4, -0.2) is 27.8 Å². The van der Waals surface area contributed by atoms with E-state index in [4.69, 9.17) is 9.16 Å². The third-order valence-corrected chi connectivity index (χ3v) is 7.04. The van der Waals surface area contributed by atoms with E-state index in [0.29, 0.717) is 5.92 Å². The van der Waals surface area contributed by atoms with Gasteiger partial charge in [0.25, 0.3) is 0 Å². The fraction of sp³-hybridized carbons (Fsp3) is 0.364. The summed E-state index contributed by atoms with van der Waals surface area (Å²) >= 11 is 0. The van der Waals surface area contributed by atoms with Crippen molar-refractivity contribution < 1.29 is 18.8 Å². The van der Waals surface area contributed by atoms with Gasteiger partial charge in [-0.2, -0.15) is 0 Å². The van der Waals surface area contributed by atoms with Gasteiger partial charge in [-0.25, -0.2) is 9.59 Å². The molecule has 6 nitrogen and oxygen atoms in total. The molecule has 7 heteroatoms. The monoisotopic (exact) mass is 412 g/mol. The lowest BCUT2D eigenvalue weighted by atomic mass is 10.0. The van der Waals surface area contributed by atoms with Crippen molar-refractivity contribution >= 4 is 31.6 Å². The highest BCUT2D eigenvalue weighted by atomic mass is 28.3. The Morgan fingerprint density at radius 3 is 1.97 bits per heavy atom. The molecule has 2 amide bonds. The van der Waals surface area contributed by atoms with Crippen LogP contribution >= 0.6 is 0 Å². The van der Waals surface area contributed by atoms with Crippen LogP contribution in [0.4, 0.5) is 9.59 Å². The summed E-state index contributed by atoms with van der Waals surface area (Å²) in [5.74, 6) is 0.300. The van der Waals surface area contributed by atoms with Gasteiger partial charge in [0, 0.05) is 0 Å². The predicted octanol–water partition coefficient (Wildman–Crippen LogP) is 4.47. The van der Waals surface area contributed by atoms with E-state index >= 15 is 0 Å². The van der Waals surface area contributed by atoms with Crippen LogP contribution in [0, 0.1) is 5.92 Å². The van der Waals surface area contributed by atoms with Gasteiger partial charge in [0.2, 0.25) is 0 Å². The minimum absolute atomic E-state index is 0.287. The first-order valence-corrected chi connectivity index (χ1v) is 11.7. The quantitative estimate of drug-likeness (QED) is 0.450. The number of azo groups is 1. The van der Waals surface area contributed by atoms with E-state index in [9.17, 15) is 9.59 Å². The molecule has 0 saturated carbocycles. The van der Waals surface area contributed by atoms with Crippen LogP contribution in [0.2, 0.25) is 0 Å². The largest absolute Gasteiger partial charge is 0.495 e. The molecule has 0 heterocycles. The molecular weight excluding hydrogens is 384 g/mol. The van der Waals surface area contributed by atoms with Gasteiger partial charge in [0.05, 0.1) is 6.61 Å². The molecule has 0 saturated heterocycles.